The number of nitrogens with zero attached hydrogens (tertiary/aromatic N) is 4. The number of rotatable bonds is 4. The lowest BCUT2D eigenvalue weighted by Gasteiger charge is -2.33. The van der Waals surface area contributed by atoms with Gasteiger partial charge in [0.15, 0.2) is 6.19 Å². The van der Waals surface area contributed by atoms with Gasteiger partial charge in [0, 0.05) is 19.6 Å². The van der Waals surface area contributed by atoms with E-state index < -0.39 is 0 Å². The standard InChI is InChI=1S/C29H20N4O2S2/c30-19-31(17-28(34)32-20-9-1-5-13-24(20)36-25-14-6-2-10-21(25)32)18-29(35)33-22-11-3-7-15-26(22)37-27-16-8-4-12-23(27)33/h1-16H,17-18H2. The Morgan fingerprint density at radius 2 is 0.892 bits per heavy atom. The first-order valence-electron chi connectivity index (χ1n) is 11.7. The lowest BCUT2D eigenvalue weighted by atomic mass is 10.2. The highest BCUT2D eigenvalue weighted by Crippen LogP contribution is 2.49. The molecule has 0 unspecified atom stereocenters. The Bertz CT molecular complexity index is 1380. The zero-order valence-electron chi connectivity index (χ0n) is 19.6. The first-order valence-corrected chi connectivity index (χ1v) is 13.3. The number of anilines is 4. The molecule has 0 saturated carbocycles. The molecule has 6 rings (SSSR count). The number of carbonyl (C=O) groups is 2. The molecular weight excluding hydrogens is 500 g/mol. The molecular formula is C29H20N4O2S2. The van der Waals surface area contributed by atoms with Gasteiger partial charge in [-0.15, -0.1) is 0 Å². The first kappa shape index (κ1) is 23.2. The van der Waals surface area contributed by atoms with E-state index in [2.05, 4.69) is 6.19 Å². The van der Waals surface area contributed by atoms with Crippen molar-refractivity contribution in [1.82, 2.24) is 4.90 Å². The highest BCUT2D eigenvalue weighted by molar-refractivity contribution is 8.00. The van der Waals surface area contributed by atoms with Crippen molar-refractivity contribution in [3.8, 4) is 6.19 Å². The molecule has 2 heterocycles. The van der Waals surface area contributed by atoms with Crippen LogP contribution < -0.4 is 9.80 Å². The van der Waals surface area contributed by atoms with Crippen LogP contribution in [0.3, 0.4) is 0 Å². The van der Waals surface area contributed by atoms with Crippen LogP contribution in [-0.4, -0.2) is 29.8 Å². The largest absolute Gasteiger partial charge is 0.292 e. The maximum atomic E-state index is 13.6. The third kappa shape index (κ3) is 4.22. The van der Waals surface area contributed by atoms with Crippen LogP contribution in [0, 0.1) is 11.5 Å². The van der Waals surface area contributed by atoms with Gasteiger partial charge in [0.1, 0.15) is 13.1 Å². The van der Waals surface area contributed by atoms with Gasteiger partial charge in [-0.3, -0.25) is 24.3 Å². The summed E-state index contributed by atoms with van der Waals surface area (Å²) in [7, 11) is 0. The van der Waals surface area contributed by atoms with Crippen molar-refractivity contribution in [2.45, 2.75) is 19.6 Å². The van der Waals surface area contributed by atoms with Gasteiger partial charge >= 0.3 is 0 Å². The third-order valence-corrected chi connectivity index (χ3v) is 8.42. The molecule has 180 valence electrons. The topological polar surface area (TPSA) is 67.6 Å². The van der Waals surface area contributed by atoms with Gasteiger partial charge in [0.05, 0.1) is 22.7 Å². The van der Waals surface area contributed by atoms with Crippen LogP contribution in [0.15, 0.2) is 117 Å². The number of hydrogen-bond donors (Lipinski definition) is 0. The fourth-order valence-electron chi connectivity index (χ4n) is 4.54. The smallest absolute Gasteiger partial charge is 0.251 e. The monoisotopic (exact) mass is 520 g/mol. The maximum Gasteiger partial charge on any atom is 0.251 e. The Kier molecular flexibility index (Phi) is 6.08. The molecule has 0 fully saturated rings. The molecule has 0 aromatic heterocycles. The Morgan fingerprint density at radius 3 is 1.19 bits per heavy atom. The van der Waals surface area contributed by atoms with Crippen molar-refractivity contribution in [3.05, 3.63) is 97.1 Å². The van der Waals surface area contributed by atoms with E-state index in [1.807, 2.05) is 97.1 Å². The van der Waals surface area contributed by atoms with Crippen LogP contribution in [0.4, 0.5) is 22.7 Å². The third-order valence-electron chi connectivity index (χ3n) is 6.16. The lowest BCUT2D eigenvalue weighted by molar-refractivity contribution is -0.120. The molecule has 0 N–H and O–H groups in total. The predicted molar refractivity (Wildman–Crippen MR) is 145 cm³/mol. The summed E-state index contributed by atoms with van der Waals surface area (Å²) in [6.45, 7) is -0.442. The molecule has 0 spiro atoms. The summed E-state index contributed by atoms with van der Waals surface area (Å²) in [6, 6.07) is 30.8. The zero-order valence-corrected chi connectivity index (χ0v) is 21.2. The van der Waals surface area contributed by atoms with Gasteiger partial charge in [-0.05, 0) is 48.5 Å². The molecule has 2 aliphatic rings. The van der Waals surface area contributed by atoms with Gasteiger partial charge in [0.25, 0.3) is 11.8 Å². The number of para-hydroxylation sites is 4. The average Bonchev–Trinajstić information content (AvgIpc) is 2.93. The second-order valence-corrected chi connectivity index (χ2v) is 10.7. The van der Waals surface area contributed by atoms with E-state index in [1.165, 1.54) is 4.90 Å². The lowest BCUT2D eigenvalue weighted by Crippen LogP contribution is -2.42. The quantitative estimate of drug-likeness (QED) is 0.228. The second kappa shape index (κ2) is 9.69. The van der Waals surface area contributed by atoms with E-state index in [1.54, 1.807) is 33.3 Å². The Balaban J connectivity index is 1.28. The summed E-state index contributed by atoms with van der Waals surface area (Å²) < 4.78 is 0. The van der Waals surface area contributed by atoms with Gasteiger partial charge in [0.2, 0.25) is 0 Å². The highest BCUT2D eigenvalue weighted by atomic mass is 32.2. The van der Waals surface area contributed by atoms with E-state index in [0.29, 0.717) is 0 Å². The van der Waals surface area contributed by atoms with Crippen molar-refractivity contribution in [3.63, 3.8) is 0 Å². The summed E-state index contributed by atoms with van der Waals surface area (Å²) >= 11 is 3.22. The average molecular weight is 521 g/mol. The van der Waals surface area contributed by atoms with Crippen molar-refractivity contribution in [1.29, 1.82) is 5.26 Å². The van der Waals surface area contributed by atoms with Crippen LogP contribution in [-0.2, 0) is 9.59 Å². The maximum absolute atomic E-state index is 13.6. The molecule has 2 amide bonds. The molecule has 6 nitrogen and oxygen atoms in total. The minimum atomic E-state index is -0.274. The van der Waals surface area contributed by atoms with E-state index >= 15 is 0 Å². The van der Waals surface area contributed by atoms with Crippen molar-refractivity contribution < 1.29 is 9.59 Å². The Morgan fingerprint density at radius 1 is 0.595 bits per heavy atom. The zero-order chi connectivity index (χ0) is 25.4. The van der Waals surface area contributed by atoms with Gasteiger partial charge in [-0.25, -0.2) is 0 Å². The van der Waals surface area contributed by atoms with Crippen LogP contribution in [0.2, 0.25) is 0 Å². The fourth-order valence-corrected chi connectivity index (χ4v) is 6.66. The molecule has 4 aromatic rings. The molecule has 0 aliphatic carbocycles. The molecule has 0 bridgehead atoms. The molecule has 37 heavy (non-hydrogen) atoms. The number of carbonyl (C=O) groups excluding carboxylic acids is 2. The molecule has 0 radical (unpaired) electrons. The summed E-state index contributed by atoms with van der Waals surface area (Å²) in [6.07, 6.45) is 2.07. The molecule has 0 saturated heterocycles. The Labute approximate surface area is 223 Å². The highest BCUT2D eigenvalue weighted by Gasteiger charge is 2.32. The molecule has 8 heteroatoms. The number of fused-ring (bicyclic) bond motifs is 4. The van der Waals surface area contributed by atoms with Crippen LogP contribution >= 0.6 is 23.5 Å². The van der Waals surface area contributed by atoms with Gasteiger partial charge in [-0.1, -0.05) is 72.1 Å². The van der Waals surface area contributed by atoms with Crippen molar-refractivity contribution in [2.24, 2.45) is 0 Å². The number of nitriles is 1. The van der Waals surface area contributed by atoms with Crippen molar-refractivity contribution in [2.75, 3.05) is 22.9 Å². The van der Waals surface area contributed by atoms with E-state index in [-0.39, 0.29) is 24.9 Å². The second-order valence-electron chi connectivity index (χ2n) is 8.49. The summed E-state index contributed by atoms with van der Waals surface area (Å²) in [5.41, 5.74) is 3.10. The number of hydrogen-bond acceptors (Lipinski definition) is 6. The van der Waals surface area contributed by atoms with Gasteiger partial charge in [-0.2, -0.15) is 5.26 Å². The normalized spacial score (nSPS) is 12.9. The molecule has 0 atom stereocenters. The summed E-state index contributed by atoms with van der Waals surface area (Å²) in [5, 5.41) is 9.93. The number of amides is 2. The van der Waals surface area contributed by atoms with Crippen molar-refractivity contribution >= 4 is 58.1 Å². The van der Waals surface area contributed by atoms with E-state index in [9.17, 15) is 14.9 Å². The van der Waals surface area contributed by atoms with Crippen LogP contribution in [0.25, 0.3) is 0 Å². The molecule has 4 aromatic carbocycles. The summed E-state index contributed by atoms with van der Waals surface area (Å²) in [4.78, 5) is 35.7. The molecule has 2 aliphatic heterocycles. The van der Waals surface area contributed by atoms with Crippen LogP contribution in [0.5, 0.6) is 0 Å². The van der Waals surface area contributed by atoms with Crippen LogP contribution in [0.1, 0.15) is 0 Å². The SMILES string of the molecule is N#CN(CC(=O)N1c2ccccc2Sc2ccccc21)CC(=O)N1c2ccccc2Sc2ccccc21. The van der Waals surface area contributed by atoms with E-state index in [0.717, 1.165) is 42.3 Å². The minimum Gasteiger partial charge on any atom is -0.292 e. The first-order chi connectivity index (χ1) is 18.1. The number of benzene rings is 4. The summed E-state index contributed by atoms with van der Waals surface area (Å²) in [5.74, 6) is -0.547. The fraction of sp³-hybridized carbons (Fsp3) is 0.0690. The van der Waals surface area contributed by atoms with E-state index in [4.69, 9.17) is 0 Å². The van der Waals surface area contributed by atoms with Gasteiger partial charge < -0.3 is 0 Å². The minimum absolute atomic E-state index is 0.221. The Hall–Kier alpha value is -4.19. The predicted octanol–water partition coefficient (Wildman–Crippen LogP) is 6.43.